The van der Waals surface area contributed by atoms with Gasteiger partial charge in [0.05, 0.1) is 17.5 Å². The summed E-state index contributed by atoms with van der Waals surface area (Å²) in [7, 11) is 1.56. The molecule has 1 aliphatic rings. The van der Waals surface area contributed by atoms with E-state index in [0.717, 1.165) is 5.56 Å². The summed E-state index contributed by atoms with van der Waals surface area (Å²) in [6, 6.07) is 13.4. The third-order valence-electron chi connectivity index (χ3n) is 4.79. The molecule has 1 amide bonds. The van der Waals surface area contributed by atoms with Gasteiger partial charge in [0.25, 0.3) is 0 Å². The number of nitrogens with one attached hydrogen (secondary N) is 1. The van der Waals surface area contributed by atoms with Gasteiger partial charge in [0, 0.05) is 18.9 Å². The molecule has 5 heteroatoms. The molecule has 1 aliphatic heterocycles. The molecule has 132 valence electrons. The van der Waals surface area contributed by atoms with Crippen LogP contribution in [-0.4, -0.2) is 26.2 Å². The Kier molecular flexibility index (Phi) is 5.30. The first-order chi connectivity index (χ1) is 12.0. The lowest BCUT2D eigenvalue weighted by Gasteiger charge is -2.36. The van der Waals surface area contributed by atoms with Gasteiger partial charge in [-0.3, -0.25) is 4.79 Å². The summed E-state index contributed by atoms with van der Waals surface area (Å²) in [6.07, 6.45) is 1.32. The highest BCUT2D eigenvalue weighted by Crippen LogP contribution is 2.37. The zero-order valence-electron chi connectivity index (χ0n) is 14.5. The molecular weight excluding hydrogens is 338 g/mol. The predicted molar refractivity (Wildman–Crippen MR) is 99.5 cm³/mol. The number of carbonyl (C=O) groups excluding carboxylic acids is 1. The molecule has 3 rings (SSSR count). The fourth-order valence-corrected chi connectivity index (χ4v) is 3.49. The average molecular weight is 360 g/mol. The zero-order valence-corrected chi connectivity index (χ0v) is 15.2. The standard InChI is InChI=1S/C20H22ClNO3/c1-14-3-5-15(6-4-14)20(9-11-25-12-10-20)19(23)22-16-7-8-18(24-2)17(21)13-16/h3-8,13H,9-12H2,1-2H3,(H,22,23). The van der Waals surface area contributed by atoms with Gasteiger partial charge in [-0.05, 0) is 43.5 Å². The smallest absolute Gasteiger partial charge is 0.235 e. The maximum Gasteiger partial charge on any atom is 0.235 e. The molecule has 25 heavy (non-hydrogen) atoms. The molecule has 0 aliphatic carbocycles. The normalized spacial score (nSPS) is 16.3. The molecule has 2 aromatic carbocycles. The summed E-state index contributed by atoms with van der Waals surface area (Å²) in [6.45, 7) is 3.19. The number of methoxy groups -OCH3 is 1. The van der Waals surface area contributed by atoms with Crippen LogP contribution >= 0.6 is 11.6 Å². The van der Waals surface area contributed by atoms with Crippen LogP contribution in [0.4, 0.5) is 5.69 Å². The van der Waals surface area contributed by atoms with Gasteiger partial charge in [-0.15, -0.1) is 0 Å². The van der Waals surface area contributed by atoms with Crippen molar-refractivity contribution in [3.8, 4) is 5.75 Å². The largest absolute Gasteiger partial charge is 0.495 e. The summed E-state index contributed by atoms with van der Waals surface area (Å²) in [4.78, 5) is 13.2. The number of ether oxygens (including phenoxy) is 2. The first-order valence-corrected chi connectivity index (χ1v) is 8.73. The number of rotatable bonds is 4. The Hall–Kier alpha value is -2.04. The van der Waals surface area contributed by atoms with E-state index in [4.69, 9.17) is 21.1 Å². The van der Waals surface area contributed by atoms with Crippen molar-refractivity contribution in [2.45, 2.75) is 25.2 Å². The van der Waals surface area contributed by atoms with Crippen LogP contribution in [0.2, 0.25) is 5.02 Å². The Labute approximate surface area is 153 Å². The van der Waals surface area contributed by atoms with Crippen molar-refractivity contribution in [1.82, 2.24) is 0 Å². The van der Waals surface area contributed by atoms with E-state index in [0.29, 0.717) is 42.5 Å². The van der Waals surface area contributed by atoms with E-state index in [-0.39, 0.29) is 5.91 Å². The third-order valence-corrected chi connectivity index (χ3v) is 5.09. The fraction of sp³-hybridized carbons (Fsp3) is 0.350. The molecule has 2 aromatic rings. The third kappa shape index (κ3) is 3.65. The lowest BCUT2D eigenvalue weighted by Crippen LogP contribution is -2.44. The molecule has 1 saturated heterocycles. The number of halogens is 1. The van der Waals surface area contributed by atoms with Gasteiger partial charge in [-0.1, -0.05) is 41.4 Å². The molecule has 0 spiro atoms. The monoisotopic (exact) mass is 359 g/mol. The van der Waals surface area contributed by atoms with Crippen molar-refractivity contribution in [1.29, 1.82) is 0 Å². The maximum absolute atomic E-state index is 13.2. The number of carbonyl (C=O) groups is 1. The van der Waals surface area contributed by atoms with Crippen molar-refractivity contribution >= 4 is 23.2 Å². The van der Waals surface area contributed by atoms with Gasteiger partial charge in [-0.25, -0.2) is 0 Å². The number of amides is 1. The van der Waals surface area contributed by atoms with Crippen LogP contribution in [0.25, 0.3) is 0 Å². The van der Waals surface area contributed by atoms with Gasteiger partial charge in [-0.2, -0.15) is 0 Å². The zero-order chi connectivity index (χ0) is 17.9. The Balaban J connectivity index is 1.89. The van der Waals surface area contributed by atoms with Crippen LogP contribution in [0, 0.1) is 6.92 Å². The molecule has 1 N–H and O–H groups in total. The molecular formula is C20H22ClNO3. The number of anilines is 1. The SMILES string of the molecule is COc1ccc(NC(=O)C2(c3ccc(C)cc3)CCOCC2)cc1Cl. The van der Waals surface area contributed by atoms with Gasteiger partial charge in [0.2, 0.25) is 5.91 Å². The molecule has 4 nitrogen and oxygen atoms in total. The van der Waals surface area contributed by atoms with Crippen molar-refractivity contribution in [3.63, 3.8) is 0 Å². The first-order valence-electron chi connectivity index (χ1n) is 8.35. The average Bonchev–Trinajstić information content (AvgIpc) is 2.63. The molecule has 1 heterocycles. The second kappa shape index (κ2) is 7.46. The summed E-state index contributed by atoms with van der Waals surface area (Å²) in [5.41, 5.74) is 2.28. The van der Waals surface area contributed by atoms with Crippen LogP contribution in [0.3, 0.4) is 0 Å². The molecule has 0 unspecified atom stereocenters. The van der Waals surface area contributed by atoms with Crippen molar-refractivity contribution < 1.29 is 14.3 Å². The Morgan fingerprint density at radius 3 is 2.44 bits per heavy atom. The Bertz CT molecular complexity index is 752. The van der Waals surface area contributed by atoms with Crippen LogP contribution < -0.4 is 10.1 Å². The Morgan fingerprint density at radius 2 is 1.84 bits per heavy atom. The summed E-state index contributed by atoms with van der Waals surface area (Å²) < 4.78 is 10.7. The molecule has 0 bridgehead atoms. The van der Waals surface area contributed by atoms with Crippen LogP contribution in [0.15, 0.2) is 42.5 Å². The second-order valence-electron chi connectivity index (χ2n) is 6.36. The van der Waals surface area contributed by atoms with E-state index in [9.17, 15) is 4.79 Å². The number of hydrogen-bond donors (Lipinski definition) is 1. The van der Waals surface area contributed by atoms with Crippen LogP contribution in [-0.2, 0) is 14.9 Å². The van der Waals surface area contributed by atoms with E-state index >= 15 is 0 Å². The number of hydrogen-bond acceptors (Lipinski definition) is 3. The van der Waals surface area contributed by atoms with Crippen LogP contribution in [0.5, 0.6) is 5.75 Å². The highest BCUT2D eigenvalue weighted by Gasteiger charge is 2.41. The van der Waals surface area contributed by atoms with Gasteiger partial charge >= 0.3 is 0 Å². The quantitative estimate of drug-likeness (QED) is 0.883. The number of aryl methyl sites for hydroxylation is 1. The Morgan fingerprint density at radius 1 is 1.16 bits per heavy atom. The summed E-state index contributed by atoms with van der Waals surface area (Å²) in [5, 5.41) is 3.49. The van der Waals surface area contributed by atoms with E-state index in [1.165, 1.54) is 5.56 Å². The molecule has 0 radical (unpaired) electrons. The summed E-state index contributed by atoms with van der Waals surface area (Å²) >= 11 is 6.17. The van der Waals surface area contributed by atoms with Crippen molar-refractivity contribution in [3.05, 3.63) is 58.6 Å². The fourth-order valence-electron chi connectivity index (χ4n) is 3.23. The molecule has 0 saturated carbocycles. The highest BCUT2D eigenvalue weighted by molar-refractivity contribution is 6.32. The van der Waals surface area contributed by atoms with Gasteiger partial charge in [0.15, 0.2) is 0 Å². The van der Waals surface area contributed by atoms with Crippen molar-refractivity contribution in [2.24, 2.45) is 0 Å². The van der Waals surface area contributed by atoms with E-state index in [1.807, 2.05) is 31.2 Å². The van der Waals surface area contributed by atoms with Gasteiger partial charge in [0.1, 0.15) is 5.75 Å². The summed E-state index contributed by atoms with van der Waals surface area (Å²) in [5.74, 6) is 0.555. The van der Waals surface area contributed by atoms with Gasteiger partial charge < -0.3 is 14.8 Å². The van der Waals surface area contributed by atoms with E-state index in [2.05, 4.69) is 5.32 Å². The minimum absolute atomic E-state index is 0.0270. The minimum Gasteiger partial charge on any atom is -0.495 e. The predicted octanol–water partition coefficient (Wildman–Crippen LogP) is 4.34. The maximum atomic E-state index is 13.2. The van der Waals surface area contributed by atoms with Crippen LogP contribution in [0.1, 0.15) is 24.0 Å². The van der Waals surface area contributed by atoms with Crippen molar-refractivity contribution in [2.75, 3.05) is 25.6 Å². The number of benzene rings is 2. The molecule has 1 fully saturated rings. The minimum atomic E-state index is -0.585. The lowest BCUT2D eigenvalue weighted by molar-refractivity contribution is -0.125. The molecule has 0 atom stereocenters. The van der Waals surface area contributed by atoms with E-state index in [1.54, 1.807) is 25.3 Å². The molecule has 0 aromatic heterocycles. The van der Waals surface area contributed by atoms with E-state index < -0.39 is 5.41 Å². The first kappa shape index (κ1) is 17.8. The topological polar surface area (TPSA) is 47.6 Å². The second-order valence-corrected chi connectivity index (χ2v) is 6.77. The lowest BCUT2D eigenvalue weighted by atomic mass is 9.73. The highest BCUT2D eigenvalue weighted by atomic mass is 35.5.